The topological polar surface area (TPSA) is 54.9 Å². The molecule has 10 heteroatoms. The Balaban J connectivity index is 2.36. The van der Waals surface area contributed by atoms with Gasteiger partial charge in [0.2, 0.25) is 0 Å². The number of fused-ring (bicyclic) bond motifs is 1. The van der Waals surface area contributed by atoms with E-state index in [1.165, 1.54) is 17.4 Å². The van der Waals surface area contributed by atoms with E-state index in [-0.39, 0.29) is 5.52 Å². The normalized spacial score (nSPS) is 12.5. The molecule has 0 saturated heterocycles. The van der Waals surface area contributed by atoms with Crippen LogP contribution in [0.5, 0.6) is 0 Å². The smallest absolute Gasteiger partial charge is 0.302 e. The third-order valence-corrected chi connectivity index (χ3v) is 2.66. The molecule has 4 nitrogen and oxygen atoms in total. The van der Waals surface area contributed by atoms with E-state index in [0.29, 0.717) is 5.52 Å². The number of hydrogen-bond acceptors (Lipinski definition) is 3. The number of benzene rings is 1. The van der Waals surface area contributed by atoms with E-state index in [2.05, 4.69) is 9.97 Å². The lowest BCUT2D eigenvalue weighted by Gasteiger charge is -2.18. The quantitative estimate of drug-likeness (QED) is 0.861. The molecule has 0 spiro atoms. The van der Waals surface area contributed by atoms with Gasteiger partial charge in [-0.2, -0.15) is 22.0 Å². The van der Waals surface area contributed by atoms with Crippen molar-refractivity contribution in [1.82, 2.24) is 9.97 Å². The van der Waals surface area contributed by atoms with Crippen molar-refractivity contribution in [3.63, 3.8) is 0 Å². The largest absolute Gasteiger partial charge is 0.463 e. The average molecular weight is 326 g/mol. The van der Waals surface area contributed by atoms with Gasteiger partial charge in [-0.3, -0.25) is 4.79 Å². The van der Waals surface area contributed by atoms with E-state index >= 15 is 0 Å². The molecule has 112 valence electrons. The van der Waals surface area contributed by atoms with Crippen LogP contribution in [-0.4, -0.2) is 28.0 Å². The van der Waals surface area contributed by atoms with Gasteiger partial charge in [0.25, 0.3) is 0 Å². The van der Waals surface area contributed by atoms with Gasteiger partial charge in [-0.15, -0.1) is 0 Å². The third kappa shape index (κ3) is 2.87. The van der Waals surface area contributed by atoms with Crippen molar-refractivity contribution in [2.45, 2.75) is 12.1 Å². The van der Waals surface area contributed by atoms with Gasteiger partial charge in [0, 0.05) is 0 Å². The first kappa shape index (κ1) is 15.4. The van der Waals surface area contributed by atoms with Crippen molar-refractivity contribution < 1.29 is 26.7 Å². The maximum atomic E-state index is 12.8. The van der Waals surface area contributed by atoms with Gasteiger partial charge >= 0.3 is 18.0 Å². The predicted octanol–water partition coefficient (Wildman–Crippen LogP) is 3.42. The van der Waals surface area contributed by atoms with Gasteiger partial charge in [-0.1, -0.05) is 23.7 Å². The highest BCUT2D eigenvalue weighted by atomic mass is 35.5. The molecule has 0 saturated carbocycles. The second kappa shape index (κ2) is 5.06. The maximum Gasteiger partial charge on any atom is 0.463 e. The Bertz CT molecular complexity index is 704. The highest BCUT2D eigenvalue weighted by molar-refractivity contribution is 6.32. The van der Waals surface area contributed by atoms with Crippen LogP contribution in [-0.2, 0) is 4.79 Å². The van der Waals surface area contributed by atoms with E-state index < -0.39 is 29.0 Å². The Morgan fingerprint density at radius 2 is 1.57 bits per heavy atom. The molecule has 2 aromatic rings. The number of anilines is 1. The van der Waals surface area contributed by atoms with Crippen LogP contribution >= 0.6 is 11.6 Å². The minimum Gasteiger partial charge on any atom is -0.302 e. The zero-order chi connectivity index (χ0) is 15.8. The molecule has 1 N–H and O–H groups in total. The fourth-order valence-corrected chi connectivity index (χ4v) is 1.55. The first-order chi connectivity index (χ1) is 9.63. The molecule has 2 rings (SSSR count). The van der Waals surface area contributed by atoms with Gasteiger partial charge in [-0.05, 0) is 12.1 Å². The van der Waals surface area contributed by atoms with Crippen LogP contribution in [0.15, 0.2) is 24.3 Å². The Hall–Kier alpha value is -2.03. The zero-order valence-corrected chi connectivity index (χ0v) is 10.6. The molecular formula is C11H5ClF5N3O. The molecule has 1 aromatic carbocycles. The number of alkyl halides is 5. The Morgan fingerprint density at radius 3 is 2.10 bits per heavy atom. The fraction of sp³-hybridized carbons (Fsp3) is 0.182. The van der Waals surface area contributed by atoms with Crippen LogP contribution in [0.4, 0.5) is 27.8 Å². The number of para-hydroxylation sites is 2. The first-order valence-corrected chi connectivity index (χ1v) is 5.69. The zero-order valence-electron chi connectivity index (χ0n) is 9.88. The molecule has 21 heavy (non-hydrogen) atoms. The lowest BCUT2D eigenvalue weighted by Crippen LogP contribution is -2.47. The minimum absolute atomic E-state index is 0.174. The number of hydrogen-bond donors (Lipinski definition) is 1. The summed E-state index contributed by atoms with van der Waals surface area (Å²) in [6.07, 6.45) is -6.02. The molecule has 0 aliphatic rings. The Kier molecular flexibility index (Phi) is 3.70. The first-order valence-electron chi connectivity index (χ1n) is 5.31. The highest BCUT2D eigenvalue weighted by Gasteiger charge is 2.63. The summed E-state index contributed by atoms with van der Waals surface area (Å²) in [4.78, 5) is 18.5. The number of nitrogens with zero attached hydrogens (tertiary/aromatic N) is 2. The average Bonchev–Trinajstić information content (AvgIpc) is 2.38. The second-order valence-corrected chi connectivity index (χ2v) is 4.24. The minimum atomic E-state index is -6.02. The van der Waals surface area contributed by atoms with Crippen LogP contribution < -0.4 is 5.32 Å². The number of halogens is 6. The molecule has 0 aliphatic carbocycles. The summed E-state index contributed by atoms with van der Waals surface area (Å²) in [6.45, 7) is 0. The van der Waals surface area contributed by atoms with E-state index in [0.717, 1.165) is 0 Å². The Labute approximate surface area is 118 Å². The van der Waals surface area contributed by atoms with Gasteiger partial charge in [0.1, 0.15) is 0 Å². The van der Waals surface area contributed by atoms with Crippen LogP contribution in [0.3, 0.4) is 0 Å². The summed E-state index contributed by atoms with van der Waals surface area (Å²) in [7, 11) is 0. The SMILES string of the molecule is O=C(Nc1nc2ccccc2nc1Cl)C(F)(F)C(F)(F)F. The van der Waals surface area contributed by atoms with Crippen molar-refractivity contribution in [3.05, 3.63) is 29.4 Å². The van der Waals surface area contributed by atoms with Crippen molar-refractivity contribution in [2.24, 2.45) is 0 Å². The van der Waals surface area contributed by atoms with Gasteiger partial charge in [0.05, 0.1) is 11.0 Å². The number of amides is 1. The summed E-state index contributed by atoms with van der Waals surface area (Å²) in [6, 6.07) is 6.07. The molecule has 1 heterocycles. The molecule has 0 aliphatic heterocycles. The van der Waals surface area contributed by atoms with E-state index in [4.69, 9.17) is 11.6 Å². The molecular weight excluding hydrogens is 321 g/mol. The number of nitrogens with one attached hydrogen (secondary N) is 1. The molecule has 1 amide bonds. The number of carbonyl (C=O) groups is 1. The van der Waals surface area contributed by atoms with Crippen LogP contribution in [0.1, 0.15) is 0 Å². The summed E-state index contributed by atoms with van der Waals surface area (Å²) in [5, 5.41) is 0.835. The summed E-state index contributed by atoms with van der Waals surface area (Å²) >= 11 is 5.60. The molecule has 0 fully saturated rings. The predicted molar refractivity (Wildman–Crippen MR) is 64.2 cm³/mol. The lowest BCUT2D eigenvalue weighted by molar-refractivity contribution is -0.267. The maximum absolute atomic E-state index is 12.8. The van der Waals surface area contributed by atoms with Crippen molar-refractivity contribution in [3.8, 4) is 0 Å². The van der Waals surface area contributed by atoms with Crippen LogP contribution in [0.25, 0.3) is 11.0 Å². The number of aromatic nitrogens is 2. The van der Waals surface area contributed by atoms with Gasteiger partial charge < -0.3 is 5.32 Å². The van der Waals surface area contributed by atoms with Crippen LogP contribution in [0, 0.1) is 0 Å². The molecule has 0 bridgehead atoms. The standard InChI is InChI=1S/C11H5ClF5N3O/c12-7-8(19-6-4-2-1-3-5(6)18-7)20-9(21)10(13,14)11(15,16)17/h1-4H,(H,19,20,21). The van der Waals surface area contributed by atoms with Gasteiger partial charge in [0.15, 0.2) is 11.0 Å². The van der Waals surface area contributed by atoms with Gasteiger partial charge in [-0.25, -0.2) is 9.97 Å². The van der Waals surface area contributed by atoms with E-state index in [1.807, 2.05) is 0 Å². The Morgan fingerprint density at radius 1 is 1.05 bits per heavy atom. The molecule has 1 aromatic heterocycles. The van der Waals surface area contributed by atoms with Crippen molar-refractivity contribution >= 4 is 34.4 Å². The third-order valence-electron chi connectivity index (χ3n) is 2.40. The number of rotatable bonds is 2. The van der Waals surface area contributed by atoms with Crippen molar-refractivity contribution in [1.29, 1.82) is 0 Å². The molecule has 0 radical (unpaired) electrons. The summed E-state index contributed by atoms with van der Waals surface area (Å²) in [5.74, 6) is -8.82. The van der Waals surface area contributed by atoms with Crippen molar-refractivity contribution in [2.75, 3.05) is 5.32 Å². The summed E-state index contributed by atoms with van der Waals surface area (Å²) in [5.41, 5.74) is 0.468. The monoisotopic (exact) mass is 325 g/mol. The van der Waals surface area contributed by atoms with Crippen LogP contribution in [0.2, 0.25) is 5.15 Å². The molecule has 0 atom stereocenters. The second-order valence-electron chi connectivity index (χ2n) is 3.88. The molecule has 0 unspecified atom stereocenters. The van der Waals surface area contributed by atoms with E-state index in [1.54, 1.807) is 12.1 Å². The highest BCUT2D eigenvalue weighted by Crippen LogP contribution is 2.36. The fourth-order valence-electron chi connectivity index (χ4n) is 1.37. The van der Waals surface area contributed by atoms with E-state index in [9.17, 15) is 26.7 Å². The number of carbonyl (C=O) groups excluding carboxylic acids is 1. The summed E-state index contributed by atoms with van der Waals surface area (Å²) < 4.78 is 61.8. The lowest BCUT2D eigenvalue weighted by atomic mass is 10.3.